The lowest BCUT2D eigenvalue weighted by Crippen LogP contribution is -2.73. The molecule has 0 aromatic rings. The van der Waals surface area contributed by atoms with Gasteiger partial charge < -0.3 is 10.2 Å². The van der Waals surface area contributed by atoms with Crippen LogP contribution in [0.15, 0.2) is 4.99 Å². The first kappa shape index (κ1) is 18.2. The highest BCUT2D eigenvalue weighted by atomic mass is 32.2. The van der Waals surface area contributed by atoms with E-state index in [9.17, 15) is 8.42 Å². The van der Waals surface area contributed by atoms with Crippen molar-refractivity contribution in [3.63, 3.8) is 0 Å². The molecule has 0 aromatic carbocycles. The van der Waals surface area contributed by atoms with Crippen LogP contribution in [-0.4, -0.2) is 56.7 Å². The summed E-state index contributed by atoms with van der Waals surface area (Å²) in [7, 11) is -1.48. The van der Waals surface area contributed by atoms with E-state index in [1.807, 2.05) is 13.8 Å². The molecule has 1 fully saturated rings. The van der Waals surface area contributed by atoms with E-state index in [1.54, 1.807) is 7.05 Å². The van der Waals surface area contributed by atoms with Gasteiger partial charge in [0.2, 0.25) is 10.0 Å². The summed E-state index contributed by atoms with van der Waals surface area (Å²) in [6.45, 7) is 14.0. The number of hydrogen-bond acceptors (Lipinski definition) is 3. The first-order valence-corrected chi connectivity index (χ1v) is 9.08. The fraction of sp³-hybridized carbons (Fsp3) is 0.929. The Hall–Kier alpha value is -0.820. The zero-order valence-corrected chi connectivity index (χ0v) is 15.3. The van der Waals surface area contributed by atoms with Gasteiger partial charge in [0, 0.05) is 36.6 Å². The van der Waals surface area contributed by atoms with E-state index in [4.69, 9.17) is 0 Å². The molecule has 0 atom stereocenters. The summed E-state index contributed by atoms with van der Waals surface area (Å²) in [6, 6.07) is 0. The standard InChI is InChI=1S/C14H30N4O2S/c1-12(2)10-18(14(12,5)6)11(15-7)16-9-13(3,4)17-21(8,19)20/h17H,9-10H2,1-8H3,(H,15,16). The Bertz CT molecular complexity index is 521. The number of nitrogens with one attached hydrogen (secondary N) is 2. The third kappa shape index (κ3) is 4.10. The monoisotopic (exact) mass is 318 g/mol. The molecular weight excluding hydrogens is 288 g/mol. The quantitative estimate of drug-likeness (QED) is 0.599. The third-order valence-corrected chi connectivity index (χ3v) is 5.43. The molecule has 1 aliphatic rings. The van der Waals surface area contributed by atoms with Crippen LogP contribution in [-0.2, 0) is 10.0 Å². The number of guanidine groups is 1. The molecule has 0 aliphatic carbocycles. The van der Waals surface area contributed by atoms with Crippen molar-refractivity contribution in [2.75, 3.05) is 26.4 Å². The van der Waals surface area contributed by atoms with E-state index in [-0.39, 0.29) is 11.0 Å². The molecule has 1 saturated heterocycles. The first-order chi connectivity index (χ1) is 9.22. The number of aliphatic imine (C=N–C) groups is 1. The molecular formula is C14H30N4O2S. The maximum absolute atomic E-state index is 11.4. The van der Waals surface area contributed by atoms with Gasteiger partial charge in [-0.25, -0.2) is 13.1 Å². The van der Waals surface area contributed by atoms with Gasteiger partial charge in [-0.15, -0.1) is 0 Å². The zero-order chi connectivity index (χ0) is 16.7. The summed E-state index contributed by atoms with van der Waals surface area (Å²) < 4.78 is 25.4. The second-order valence-electron chi connectivity index (χ2n) is 7.69. The molecule has 7 heteroatoms. The molecule has 0 saturated carbocycles. The molecule has 0 bridgehead atoms. The molecule has 1 rings (SSSR count). The predicted octanol–water partition coefficient (Wildman–Crippen LogP) is 1.01. The van der Waals surface area contributed by atoms with Gasteiger partial charge in [0.1, 0.15) is 0 Å². The highest BCUT2D eigenvalue weighted by molar-refractivity contribution is 7.88. The van der Waals surface area contributed by atoms with Gasteiger partial charge in [-0.2, -0.15) is 0 Å². The molecule has 0 radical (unpaired) electrons. The van der Waals surface area contributed by atoms with Crippen LogP contribution in [0.5, 0.6) is 0 Å². The molecule has 1 aliphatic heterocycles. The summed E-state index contributed by atoms with van der Waals surface area (Å²) in [5.74, 6) is 0.808. The van der Waals surface area contributed by atoms with Crippen molar-refractivity contribution < 1.29 is 8.42 Å². The molecule has 1 heterocycles. The predicted molar refractivity (Wildman–Crippen MR) is 88.0 cm³/mol. The average Bonchev–Trinajstić information content (AvgIpc) is 2.24. The van der Waals surface area contributed by atoms with Crippen molar-refractivity contribution in [1.82, 2.24) is 14.9 Å². The van der Waals surface area contributed by atoms with Gasteiger partial charge >= 0.3 is 0 Å². The second kappa shape index (κ2) is 5.43. The summed E-state index contributed by atoms with van der Waals surface area (Å²) in [5.41, 5.74) is -0.331. The Balaban J connectivity index is 2.70. The highest BCUT2D eigenvalue weighted by Gasteiger charge is 2.53. The van der Waals surface area contributed by atoms with Crippen LogP contribution in [0.4, 0.5) is 0 Å². The zero-order valence-electron chi connectivity index (χ0n) is 14.5. The molecule has 0 aromatic heterocycles. The summed E-state index contributed by atoms with van der Waals surface area (Å²) >= 11 is 0. The SMILES string of the molecule is CN=C(NCC(C)(C)NS(C)(=O)=O)N1CC(C)(C)C1(C)C. The maximum atomic E-state index is 11.4. The molecule has 0 unspecified atom stereocenters. The van der Waals surface area contributed by atoms with Crippen molar-refractivity contribution in [3.8, 4) is 0 Å². The second-order valence-corrected chi connectivity index (χ2v) is 9.44. The first-order valence-electron chi connectivity index (χ1n) is 7.19. The van der Waals surface area contributed by atoms with Gasteiger partial charge in [-0.1, -0.05) is 13.8 Å². The van der Waals surface area contributed by atoms with Crippen LogP contribution in [0, 0.1) is 5.41 Å². The maximum Gasteiger partial charge on any atom is 0.209 e. The van der Waals surface area contributed by atoms with Crippen molar-refractivity contribution >= 4 is 16.0 Å². The highest BCUT2D eigenvalue weighted by Crippen LogP contribution is 2.46. The fourth-order valence-corrected chi connectivity index (χ4v) is 3.61. The molecule has 124 valence electrons. The van der Waals surface area contributed by atoms with E-state index in [0.717, 1.165) is 12.5 Å². The average molecular weight is 318 g/mol. The van der Waals surface area contributed by atoms with Gasteiger partial charge in [-0.05, 0) is 27.7 Å². The van der Waals surface area contributed by atoms with Gasteiger partial charge in [0.05, 0.1) is 6.26 Å². The Kier molecular flexibility index (Phi) is 4.71. The van der Waals surface area contributed by atoms with E-state index in [0.29, 0.717) is 6.54 Å². The Morgan fingerprint density at radius 1 is 1.29 bits per heavy atom. The summed E-state index contributed by atoms with van der Waals surface area (Å²) in [5, 5.41) is 3.28. The van der Waals surface area contributed by atoms with Crippen LogP contribution in [0.2, 0.25) is 0 Å². The number of likely N-dealkylation sites (tertiary alicyclic amines) is 1. The molecule has 21 heavy (non-hydrogen) atoms. The van der Waals surface area contributed by atoms with Gasteiger partial charge in [0.25, 0.3) is 0 Å². The summed E-state index contributed by atoms with van der Waals surface area (Å²) in [6.07, 6.45) is 1.17. The van der Waals surface area contributed by atoms with Crippen LogP contribution >= 0.6 is 0 Å². The largest absolute Gasteiger partial charge is 0.354 e. The van der Waals surface area contributed by atoms with Crippen LogP contribution < -0.4 is 10.0 Å². The van der Waals surface area contributed by atoms with Crippen molar-refractivity contribution in [2.45, 2.75) is 52.6 Å². The van der Waals surface area contributed by atoms with Crippen LogP contribution in [0.25, 0.3) is 0 Å². The molecule has 0 spiro atoms. The van der Waals surface area contributed by atoms with E-state index in [2.05, 4.69) is 47.6 Å². The van der Waals surface area contributed by atoms with E-state index >= 15 is 0 Å². The van der Waals surface area contributed by atoms with Gasteiger partial charge in [0.15, 0.2) is 5.96 Å². The minimum absolute atomic E-state index is 0.0171. The Morgan fingerprint density at radius 3 is 2.14 bits per heavy atom. The lowest BCUT2D eigenvalue weighted by molar-refractivity contribution is -0.0668. The fourth-order valence-electron chi connectivity index (χ4n) is 2.53. The summed E-state index contributed by atoms with van der Waals surface area (Å²) in [4.78, 5) is 6.55. The smallest absolute Gasteiger partial charge is 0.209 e. The topological polar surface area (TPSA) is 73.8 Å². The molecule has 6 nitrogen and oxygen atoms in total. The Morgan fingerprint density at radius 2 is 1.81 bits per heavy atom. The normalized spacial score (nSPS) is 21.9. The molecule has 0 amide bonds. The van der Waals surface area contributed by atoms with Gasteiger partial charge in [-0.3, -0.25) is 4.99 Å². The number of nitrogens with zero attached hydrogens (tertiary/aromatic N) is 2. The van der Waals surface area contributed by atoms with E-state index in [1.165, 1.54) is 6.26 Å². The number of rotatable bonds is 4. The van der Waals surface area contributed by atoms with E-state index < -0.39 is 15.6 Å². The minimum atomic E-state index is -3.23. The van der Waals surface area contributed by atoms with Crippen molar-refractivity contribution in [3.05, 3.63) is 0 Å². The Labute approximate surface area is 129 Å². The third-order valence-electron chi connectivity index (χ3n) is 4.50. The lowest BCUT2D eigenvalue weighted by atomic mass is 9.65. The minimum Gasteiger partial charge on any atom is -0.354 e. The number of hydrogen-bond donors (Lipinski definition) is 2. The van der Waals surface area contributed by atoms with Crippen molar-refractivity contribution in [1.29, 1.82) is 0 Å². The van der Waals surface area contributed by atoms with Crippen molar-refractivity contribution in [2.24, 2.45) is 10.4 Å². The molecule has 2 N–H and O–H groups in total. The lowest BCUT2D eigenvalue weighted by Gasteiger charge is -2.62. The van der Waals surface area contributed by atoms with Crippen LogP contribution in [0.1, 0.15) is 41.5 Å². The number of sulfonamides is 1. The van der Waals surface area contributed by atoms with Crippen LogP contribution in [0.3, 0.4) is 0 Å².